The first-order chi connectivity index (χ1) is 7.61. The van der Waals surface area contributed by atoms with Gasteiger partial charge in [0.05, 0.1) is 13.0 Å². The topological polar surface area (TPSA) is 66.8 Å². The number of carbonyl (C=O) groups excluding carboxylic acids is 1. The Kier molecular flexibility index (Phi) is 2.85. The highest BCUT2D eigenvalue weighted by molar-refractivity contribution is 5.71. The molecule has 1 fully saturated rings. The smallest absolute Gasteiger partial charge is 0.409 e. The van der Waals surface area contributed by atoms with Crippen molar-refractivity contribution in [2.45, 2.75) is 12.8 Å². The summed E-state index contributed by atoms with van der Waals surface area (Å²) >= 11 is 0. The van der Waals surface area contributed by atoms with E-state index >= 15 is 0 Å². The summed E-state index contributed by atoms with van der Waals surface area (Å²) in [5.74, 6) is -0.841. The minimum Gasteiger partial charge on any atom is -0.481 e. The maximum Gasteiger partial charge on any atom is 0.409 e. The molecule has 0 bridgehead atoms. The fraction of sp³-hybridized carbons (Fsp3) is 0.636. The summed E-state index contributed by atoms with van der Waals surface area (Å²) < 4.78 is 4.66. The minimum absolute atomic E-state index is 0.203. The van der Waals surface area contributed by atoms with E-state index in [2.05, 4.69) is 4.74 Å². The maximum absolute atomic E-state index is 11.3. The molecule has 1 N–H and O–H groups in total. The van der Waals surface area contributed by atoms with Gasteiger partial charge in [0.2, 0.25) is 0 Å². The van der Waals surface area contributed by atoms with E-state index in [0.717, 1.165) is 0 Å². The van der Waals surface area contributed by atoms with Crippen LogP contribution in [0.5, 0.6) is 0 Å². The molecule has 1 aliphatic carbocycles. The number of nitrogens with zero attached hydrogens (tertiary/aromatic N) is 1. The van der Waals surface area contributed by atoms with Crippen LogP contribution >= 0.6 is 0 Å². The van der Waals surface area contributed by atoms with Gasteiger partial charge >= 0.3 is 12.1 Å². The SMILES string of the molecule is COC(=O)N1CC2=CCC(C(=O)O)CC2C1. The average molecular weight is 225 g/mol. The van der Waals surface area contributed by atoms with Crippen LogP contribution in [0.15, 0.2) is 11.6 Å². The quantitative estimate of drug-likeness (QED) is 0.679. The Morgan fingerprint density at radius 2 is 2.31 bits per heavy atom. The van der Waals surface area contributed by atoms with Gasteiger partial charge in [-0.15, -0.1) is 0 Å². The number of aliphatic carboxylic acids is 1. The normalized spacial score (nSPS) is 28.3. The van der Waals surface area contributed by atoms with Crippen LogP contribution in [0, 0.1) is 11.8 Å². The van der Waals surface area contributed by atoms with Gasteiger partial charge in [0.25, 0.3) is 0 Å². The van der Waals surface area contributed by atoms with Gasteiger partial charge in [0.15, 0.2) is 0 Å². The van der Waals surface area contributed by atoms with Gasteiger partial charge in [-0.2, -0.15) is 0 Å². The molecule has 1 aliphatic heterocycles. The molecule has 1 heterocycles. The predicted molar refractivity (Wildman–Crippen MR) is 55.9 cm³/mol. The Labute approximate surface area is 93.7 Å². The lowest BCUT2D eigenvalue weighted by atomic mass is 9.83. The third-order valence-corrected chi connectivity index (χ3v) is 3.35. The monoisotopic (exact) mass is 225 g/mol. The summed E-state index contributed by atoms with van der Waals surface area (Å²) in [6.07, 6.45) is 2.85. The molecule has 2 unspecified atom stereocenters. The van der Waals surface area contributed by atoms with E-state index in [1.165, 1.54) is 12.7 Å². The molecule has 0 saturated carbocycles. The molecule has 0 radical (unpaired) electrons. The maximum atomic E-state index is 11.3. The van der Waals surface area contributed by atoms with Gasteiger partial charge in [-0.1, -0.05) is 6.08 Å². The van der Waals surface area contributed by atoms with Crippen LogP contribution in [0.25, 0.3) is 0 Å². The fourth-order valence-electron chi connectivity index (χ4n) is 2.46. The molecule has 2 rings (SSSR count). The summed E-state index contributed by atoms with van der Waals surface area (Å²) in [6.45, 7) is 1.17. The lowest BCUT2D eigenvalue weighted by molar-refractivity contribution is -0.142. The molecule has 5 heteroatoms. The standard InChI is InChI=1S/C11H15NO4/c1-16-11(15)12-5-8-3-2-7(10(13)14)4-9(8)6-12/h3,7,9H,2,4-6H2,1H3,(H,13,14). The highest BCUT2D eigenvalue weighted by Gasteiger charge is 2.36. The molecule has 0 aromatic carbocycles. The van der Waals surface area contributed by atoms with Crippen molar-refractivity contribution in [3.63, 3.8) is 0 Å². The van der Waals surface area contributed by atoms with Crippen molar-refractivity contribution in [1.29, 1.82) is 0 Å². The highest BCUT2D eigenvalue weighted by Crippen LogP contribution is 2.35. The van der Waals surface area contributed by atoms with Crippen LogP contribution in [0.1, 0.15) is 12.8 Å². The number of fused-ring (bicyclic) bond motifs is 1. The number of amides is 1. The molecule has 2 atom stereocenters. The first-order valence-electron chi connectivity index (χ1n) is 5.36. The van der Waals surface area contributed by atoms with Gasteiger partial charge < -0.3 is 14.7 Å². The number of rotatable bonds is 1. The second-order valence-electron chi connectivity index (χ2n) is 4.33. The van der Waals surface area contributed by atoms with Crippen LogP contribution in [0.3, 0.4) is 0 Å². The van der Waals surface area contributed by atoms with Crippen molar-refractivity contribution in [3.05, 3.63) is 11.6 Å². The largest absolute Gasteiger partial charge is 0.481 e. The summed E-state index contributed by atoms with van der Waals surface area (Å²) in [5.41, 5.74) is 1.18. The van der Waals surface area contributed by atoms with Gasteiger partial charge in [-0.05, 0) is 18.4 Å². The molecule has 0 aromatic heterocycles. The molecule has 16 heavy (non-hydrogen) atoms. The number of hydrogen-bond donors (Lipinski definition) is 1. The third-order valence-electron chi connectivity index (χ3n) is 3.35. The van der Waals surface area contributed by atoms with E-state index in [1.54, 1.807) is 4.90 Å². The summed E-state index contributed by atoms with van der Waals surface area (Å²) in [6, 6.07) is 0. The van der Waals surface area contributed by atoms with Crippen molar-refractivity contribution in [3.8, 4) is 0 Å². The van der Waals surface area contributed by atoms with Crippen LogP contribution in [-0.4, -0.2) is 42.3 Å². The first kappa shape index (κ1) is 11.0. The third kappa shape index (κ3) is 1.89. The number of allylic oxidation sites excluding steroid dienone is 1. The summed E-state index contributed by atoms with van der Waals surface area (Å²) in [7, 11) is 1.36. The van der Waals surface area contributed by atoms with Crippen LogP contribution in [0.2, 0.25) is 0 Å². The molecular weight excluding hydrogens is 210 g/mol. The van der Waals surface area contributed by atoms with E-state index < -0.39 is 5.97 Å². The number of ether oxygens (including phenoxy) is 1. The lowest BCUT2D eigenvalue weighted by Gasteiger charge is -2.21. The number of hydrogen-bond acceptors (Lipinski definition) is 3. The zero-order chi connectivity index (χ0) is 11.7. The number of carboxylic acids is 1. The first-order valence-corrected chi connectivity index (χ1v) is 5.36. The summed E-state index contributed by atoms with van der Waals surface area (Å²) in [4.78, 5) is 23.8. The van der Waals surface area contributed by atoms with Crippen molar-refractivity contribution in [2.24, 2.45) is 11.8 Å². The van der Waals surface area contributed by atoms with Crippen molar-refractivity contribution >= 4 is 12.1 Å². The lowest BCUT2D eigenvalue weighted by Crippen LogP contribution is -2.28. The Morgan fingerprint density at radius 3 is 2.94 bits per heavy atom. The van der Waals surface area contributed by atoms with Gasteiger partial charge in [0, 0.05) is 19.0 Å². The molecule has 1 saturated heterocycles. The number of carboxylic acid groups (broad SMARTS) is 1. The Hall–Kier alpha value is -1.52. The van der Waals surface area contributed by atoms with E-state index in [1.807, 2.05) is 6.08 Å². The zero-order valence-electron chi connectivity index (χ0n) is 9.18. The number of likely N-dealkylation sites (tertiary alicyclic amines) is 1. The second kappa shape index (κ2) is 4.15. The van der Waals surface area contributed by atoms with E-state index in [9.17, 15) is 9.59 Å². The fourth-order valence-corrected chi connectivity index (χ4v) is 2.46. The average Bonchev–Trinajstić information content (AvgIpc) is 2.70. The molecule has 0 aromatic rings. The van der Waals surface area contributed by atoms with E-state index in [-0.39, 0.29) is 17.9 Å². The molecule has 5 nitrogen and oxygen atoms in total. The zero-order valence-corrected chi connectivity index (χ0v) is 9.18. The molecule has 0 spiro atoms. The van der Waals surface area contributed by atoms with Crippen molar-refractivity contribution < 1.29 is 19.4 Å². The molecule has 1 amide bonds. The molecular formula is C11H15NO4. The Balaban J connectivity index is 2.03. The van der Waals surface area contributed by atoms with E-state index in [0.29, 0.717) is 25.9 Å². The van der Waals surface area contributed by atoms with E-state index in [4.69, 9.17) is 5.11 Å². The van der Waals surface area contributed by atoms with Gasteiger partial charge in [0.1, 0.15) is 0 Å². The number of methoxy groups -OCH3 is 1. The van der Waals surface area contributed by atoms with Crippen LogP contribution in [0.4, 0.5) is 4.79 Å². The van der Waals surface area contributed by atoms with Gasteiger partial charge in [-0.25, -0.2) is 4.79 Å². The van der Waals surface area contributed by atoms with Crippen molar-refractivity contribution in [1.82, 2.24) is 4.90 Å². The van der Waals surface area contributed by atoms with Gasteiger partial charge in [-0.3, -0.25) is 4.79 Å². The Morgan fingerprint density at radius 1 is 1.56 bits per heavy atom. The predicted octanol–water partition coefficient (Wildman–Crippen LogP) is 1.11. The molecule has 88 valence electrons. The Bertz CT molecular complexity index is 350. The summed E-state index contributed by atoms with van der Waals surface area (Å²) in [5, 5.41) is 8.94. The minimum atomic E-state index is -0.744. The number of carbonyl (C=O) groups is 2. The van der Waals surface area contributed by atoms with Crippen molar-refractivity contribution in [2.75, 3.05) is 20.2 Å². The molecule has 2 aliphatic rings. The highest BCUT2D eigenvalue weighted by atomic mass is 16.5. The second-order valence-corrected chi connectivity index (χ2v) is 4.33. The van der Waals surface area contributed by atoms with Crippen LogP contribution < -0.4 is 0 Å². The van der Waals surface area contributed by atoms with Crippen LogP contribution in [-0.2, 0) is 9.53 Å².